The average Bonchev–Trinajstić information content (AvgIpc) is 3.24. The number of nitrogens with zero attached hydrogens (tertiary/aromatic N) is 2. The van der Waals surface area contributed by atoms with Crippen LogP contribution in [0.3, 0.4) is 0 Å². The van der Waals surface area contributed by atoms with Gasteiger partial charge in [0.25, 0.3) is 5.91 Å². The van der Waals surface area contributed by atoms with Crippen LogP contribution in [0.25, 0.3) is 33.5 Å². The highest BCUT2D eigenvalue weighted by Gasteiger charge is 2.15. The predicted octanol–water partition coefficient (Wildman–Crippen LogP) is 2.36. The fourth-order valence-corrected chi connectivity index (χ4v) is 2.81. The first-order chi connectivity index (χ1) is 12.7. The van der Waals surface area contributed by atoms with Gasteiger partial charge in [0.15, 0.2) is 5.82 Å². The van der Waals surface area contributed by atoms with Gasteiger partial charge in [0, 0.05) is 24.1 Å². The van der Waals surface area contributed by atoms with Gasteiger partial charge in [-0.1, -0.05) is 0 Å². The highest BCUT2D eigenvalue weighted by atomic mass is 19.1. The van der Waals surface area contributed by atoms with Gasteiger partial charge in [0.2, 0.25) is 0 Å². The Bertz CT molecular complexity index is 1100. The monoisotopic (exact) mass is 353 g/mol. The Labute approximate surface area is 147 Å². The number of hydrogen-bond donors (Lipinski definition) is 4. The molecule has 0 aliphatic carbocycles. The van der Waals surface area contributed by atoms with E-state index >= 15 is 0 Å². The molecule has 2 aromatic carbocycles. The van der Waals surface area contributed by atoms with Gasteiger partial charge in [0.1, 0.15) is 11.5 Å². The molecule has 132 valence electrons. The maximum absolute atomic E-state index is 13.4. The minimum atomic E-state index is -0.346. The number of nitrogens with one attached hydrogen (secondary N) is 3. The van der Waals surface area contributed by atoms with E-state index in [2.05, 4.69) is 25.5 Å². The van der Waals surface area contributed by atoms with Crippen LogP contribution in [0.5, 0.6) is 0 Å². The SMILES string of the molecule is O=C(NCCCO)c1ccc2[nH]nc(-c3nc4ccc(F)cc4[nH]3)c2c1. The first-order valence-electron chi connectivity index (χ1n) is 8.18. The fourth-order valence-electron chi connectivity index (χ4n) is 2.81. The Balaban J connectivity index is 1.72. The molecule has 0 aliphatic heterocycles. The summed E-state index contributed by atoms with van der Waals surface area (Å²) in [4.78, 5) is 19.7. The Morgan fingerprint density at radius 1 is 1.19 bits per heavy atom. The van der Waals surface area contributed by atoms with Gasteiger partial charge in [-0.05, 0) is 42.8 Å². The molecule has 4 rings (SSSR count). The second-order valence-electron chi connectivity index (χ2n) is 5.91. The second-order valence-corrected chi connectivity index (χ2v) is 5.91. The lowest BCUT2D eigenvalue weighted by atomic mass is 10.1. The standard InChI is InChI=1S/C18H16FN5O2/c19-11-3-5-14-15(9-11)22-17(21-14)16-12-8-10(2-4-13(12)23-24-16)18(26)20-6-1-7-25/h2-5,8-9,25H,1,6-7H2,(H,20,26)(H,21,22)(H,23,24). The molecule has 0 unspecified atom stereocenters. The van der Waals surface area contributed by atoms with Gasteiger partial charge in [0.05, 0.1) is 16.6 Å². The van der Waals surface area contributed by atoms with Crippen molar-refractivity contribution in [1.82, 2.24) is 25.5 Å². The van der Waals surface area contributed by atoms with Crippen LogP contribution in [0.4, 0.5) is 4.39 Å². The van der Waals surface area contributed by atoms with Gasteiger partial charge in [-0.15, -0.1) is 0 Å². The number of hydrogen-bond acceptors (Lipinski definition) is 4. The third-order valence-electron chi connectivity index (χ3n) is 4.11. The number of aromatic amines is 2. The van der Waals surface area contributed by atoms with Crippen molar-refractivity contribution in [3.63, 3.8) is 0 Å². The normalized spacial score (nSPS) is 11.3. The number of amides is 1. The molecular weight excluding hydrogens is 337 g/mol. The number of carbonyl (C=O) groups excluding carboxylic acids is 1. The quantitative estimate of drug-likeness (QED) is 0.413. The number of imidazole rings is 1. The zero-order chi connectivity index (χ0) is 18.1. The molecule has 0 fully saturated rings. The summed E-state index contributed by atoms with van der Waals surface area (Å²) in [6.07, 6.45) is 0.500. The van der Waals surface area contributed by atoms with E-state index in [1.807, 2.05) is 0 Å². The number of carbonyl (C=O) groups is 1. The minimum absolute atomic E-state index is 0.0256. The van der Waals surface area contributed by atoms with Gasteiger partial charge in [-0.25, -0.2) is 9.37 Å². The Kier molecular flexibility index (Phi) is 4.10. The van der Waals surface area contributed by atoms with E-state index in [1.165, 1.54) is 12.1 Å². The second kappa shape index (κ2) is 6.57. The van der Waals surface area contributed by atoms with Gasteiger partial charge < -0.3 is 15.4 Å². The summed E-state index contributed by atoms with van der Waals surface area (Å²) < 4.78 is 13.4. The summed E-state index contributed by atoms with van der Waals surface area (Å²) in [5.74, 6) is -0.0738. The number of halogens is 1. The molecule has 26 heavy (non-hydrogen) atoms. The maximum Gasteiger partial charge on any atom is 0.251 e. The summed E-state index contributed by atoms with van der Waals surface area (Å²) in [5.41, 5.74) is 3.02. The van der Waals surface area contributed by atoms with Crippen molar-refractivity contribution in [2.75, 3.05) is 13.2 Å². The molecule has 8 heteroatoms. The molecule has 2 heterocycles. The molecule has 1 amide bonds. The lowest BCUT2D eigenvalue weighted by molar-refractivity contribution is 0.0951. The number of aliphatic hydroxyl groups is 1. The third-order valence-corrected chi connectivity index (χ3v) is 4.11. The Morgan fingerprint density at radius 2 is 2.08 bits per heavy atom. The van der Waals surface area contributed by atoms with Crippen LogP contribution in [0.1, 0.15) is 16.8 Å². The molecule has 0 saturated carbocycles. The molecule has 0 bridgehead atoms. The number of H-pyrrole nitrogens is 2. The molecule has 0 saturated heterocycles. The molecule has 0 spiro atoms. The largest absolute Gasteiger partial charge is 0.396 e. The van der Waals surface area contributed by atoms with Crippen molar-refractivity contribution < 1.29 is 14.3 Å². The van der Waals surface area contributed by atoms with Crippen LogP contribution in [0, 0.1) is 5.82 Å². The average molecular weight is 353 g/mol. The summed E-state index contributed by atoms with van der Waals surface area (Å²) in [5, 5.41) is 19.5. The molecule has 0 radical (unpaired) electrons. The first-order valence-corrected chi connectivity index (χ1v) is 8.18. The summed E-state index contributed by atoms with van der Waals surface area (Å²) in [6.45, 7) is 0.429. The number of benzene rings is 2. The van der Waals surface area contributed by atoms with E-state index in [0.29, 0.717) is 41.1 Å². The van der Waals surface area contributed by atoms with Crippen LogP contribution < -0.4 is 5.32 Å². The Hall–Kier alpha value is -3.26. The molecule has 0 atom stereocenters. The zero-order valence-corrected chi connectivity index (χ0v) is 13.7. The highest BCUT2D eigenvalue weighted by Crippen LogP contribution is 2.27. The van der Waals surface area contributed by atoms with Crippen LogP contribution in [-0.4, -0.2) is 44.3 Å². The molecule has 2 aromatic heterocycles. The maximum atomic E-state index is 13.4. The van der Waals surface area contributed by atoms with Gasteiger partial charge >= 0.3 is 0 Å². The molecule has 4 aromatic rings. The van der Waals surface area contributed by atoms with Crippen molar-refractivity contribution in [2.24, 2.45) is 0 Å². The molecule has 7 nitrogen and oxygen atoms in total. The topological polar surface area (TPSA) is 107 Å². The number of aliphatic hydroxyl groups excluding tert-OH is 1. The highest BCUT2D eigenvalue weighted by molar-refractivity contribution is 6.01. The zero-order valence-electron chi connectivity index (χ0n) is 13.7. The fraction of sp³-hybridized carbons (Fsp3) is 0.167. The van der Waals surface area contributed by atoms with Crippen molar-refractivity contribution in [3.8, 4) is 11.5 Å². The van der Waals surface area contributed by atoms with Crippen molar-refractivity contribution >= 4 is 27.8 Å². The summed E-state index contributed by atoms with van der Waals surface area (Å²) >= 11 is 0. The van der Waals surface area contributed by atoms with Crippen molar-refractivity contribution in [3.05, 3.63) is 47.8 Å². The summed E-state index contributed by atoms with van der Waals surface area (Å²) in [7, 11) is 0. The van der Waals surface area contributed by atoms with Crippen LogP contribution in [-0.2, 0) is 0 Å². The Morgan fingerprint density at radius 3 is 2.92 bits per heavy atom. The smallest absolute Gasteiger partial charge is 0.251 e. The van der Waals surface area contributed by atoms with E-state index in [1.54, 1.807) is 24.3 Å². The number of rotatable bonds is 5. The van der Waals surface area contributed by atoms with Crippen molar-refractivity contribution in [1.29, 1.82) is 0 Å². The third kappa shape index (κ3) is 2.91. The van der Waals surface area contributed by atoms with E-state index < -0.39 is 0 Å². The van der Waals surface area contributed by atoms with Gasteiger partial charge in [-0.2, -0.15) is 5.10 Å². The molecule has 0 aliphatic rings. The van der Waals surface area contributed by atoms with E-state index in [4.69, 9.17) is 5.11 Å². The number of fused-ring (bicyclic) bond motifs is 2. The lowest BCUT2D eigenvalue weighted by Gasteiger charge is -2.04. The first kappa shape index (κ1) is 16.2. The predicted molar refractivity (Wildman–Crippen MR) is 95.2 cm³/mol. The van der Waals surface area contributed by atoms with Crippen LogP contribution in [0.2, 0.25) is 0 Å². The minimum Gasteiger partial charge on any atom is -0.396 e. The number of aromatic nitrogens is 4. The van der Waals surface area contributed by atoms with Gasteiger partial charge in [-0.3, -0.25) is 9.89 Å². The summed E-state index contributed by atoms with van der Waals surface area (Å²) in [6, 6.07) is 9.53. The van der Waals surface area contributed by atoms with Crippen LogP contribution in [0.15, 0.2) is 36.4 Å². The molecular formula is C18H16FN5O2. The molecule has 4 N–H and O–H groups in total. The van der Waals surface area contributed by atoms with E-state index in [9.17, 15) is 9.18 Å². The van der Waals surface area contributed by atoms with Crippen molar-refractivity contribution in [2.45, 2.75) is 6.42 Å². The lowest BCUT2D eigenvalue weighted by Crippen LogP contribution is -2.24. The van der Waals surface area contributed by atoms with Crippen LogP contribution >= 0.6 is 0 Å². The van der Waals surface area contributed by atoms with E-state index in [0.717, 1.165) is 10.9 Å². The van der Waals surface area contributed by atoms with E-state index in [-0.39, 0.29) is 18.3 Å².